The average Bonchev–Trinajstić information content (AvgIpc) is 2.39. The predicted molar refractivity (Wildman–Crippen MR) is 63.2 cm³/mol. The van der Waals surface area contributed by atoms with Crippen LogP contribution >= 0.6 is 0 Å². The highest BCUT2D eigenvalue weighted by Gasteiger charge is 2.22. The molecular weight excluding hydrogens is 220 g/mol. The Morgan fingerprint density at radius 1 is 1.47 bits per heavy atom. The van der Waals surface area contributed by atoms with Gasteiger partial charge in [-0.05, 0) is 30.9 Å². The van der Waals surface area contributed by atoms with Gasteiger partial charge in [-0.25, -0.2) is 9.78 Å². The minimum absolute atomic E-state index is 0.210. The molecule has 0 saturated carbocycles. The number of aromatic carboxylic acids is 1. The van der Waals surface area contributed by atoms with E-state index in [0.29, 0.717) is 11.7 Å². The number of anilines is 1. The first-order chi connectivity index (χ1) is 8.22. The summed E-state index contributed by atoms with van der Waals surface area (Å²) in [7, 11) is 0. The van der Waals surface area contributed by atoms with Gasteiger partial charge in [-0.2, -0.15) is 0 Å². The largest absolute Gasteiger partial charge is 0.478 e. The Morgan fingerprint density at radius 3 is 2.76 bits per heavy atom. The van der Waals surface area contributed by atoms with Crippen LogP contribution in [0.3, 0.4) is 0 Å². The lowest BCUT2D eigenvalue weighted by molar-refractivity contribution is 0.0697. The van der Waals surface area contributed by atoms with Gasteiger partial charge in [0.25, 0.3) is 0 Å². The van der Waals surface area contributed by atoms with Crippen molar-refractivity contribution in [3.05, 3.63) is 23.9 Å². The van der Waals surface area contributed by atoms with E-state index in [1.165, 1.54) is 0 Å². The molecule has 1 aliphatic rings. The van der Waals surface area contributed by atoms with E-state index < -0.39 is 5.97 Å². The second-order valence-corrected chi connectivity index (χ2v) is 4.29. The van der Waals surface area contributed by atoms with Gasteiger partial charge in [0.1, 0.15) is 11.4 Å². The Labute approximate surface area is 99.7 Å². The summed E-state index contributed by atoms with van der Waals surface area (Å²) < 4.78 is 0. The van der Waals surface area contributed by atoms with E-state index in [1.807, 2.05) is 4.90 Å². The molecule has 1 saturated heterocycles. The van der Waals surface area contributed by atoms with Crippen molar-refractivity contribution in [3.63, 3.8) is 0 Å². The standard InChI is InChI=1S/C12H16N2O3/c15-8-9-3-6-14(7-4-9)11-10(12(16)17)2-1-5-13-11/h1-2,5,9,15H,3-4,6-8H2,(H,16,17). The van der Waals surface area contributed by atoms with E-state index in [2.05, 4.69) is 4.98 Å². The summed E-state index contributed by atoms with van der Waals surface area (Å²) in [6.45, 7) is 1.72. The lowest BCUT2D eigenvalue weighted by Crippen LogP contribution is -2.36. The zero-order valence-electron chi connectivity index (χ0n) is 9.54. The molecule has 0 atom stereocenters. The lowest BCUT2D eigenvalue weighted by atomic mass is 9.97. The van der Waals surface area contributed by atoms with Crippen LogP contribution in [0.1, 0.15) is 23.2 Å². The van der Waals surface area contributed by atoms with Gasteiger partial charge in [-0.15, -0.1) is 0 Å². The van der Waals surface area contributed by atoms with Crippen molar-refractivity contribution in [3.8, 4) is 0 Å². The lowest BCUT2D eigenvalue weighted by Gasteiger charge is -2.32. The molecule has 0 aliphatic carbocycles. The average molecular weight is 236 g/mol. The highest BCUT2D eigenvalue weighted by atomic mass is 16.4. The minimum Gasteiger partial charge on any atom is -0.478 e. The molecule has 5 heteroatoms. The fourth-order valence-corrected chi connectivity index (χ4v) is 2.14. The first-order valence-electron chi connectivity index (χ1n) is 5.76. The van der Waals surface area contributed by atoms with Crippen LogP contribution in [0.25, 0.3) is 0 Å². The normalized spacial score (nSPS) is 17.1. The van der Waals surface area contributed by atoms with Crippen molar-refractivity contribution in [1.29, 1.82) is 0 Å². The number of piperidine rings is 1. The second-order valence-electron chi connectivity index (χ2n) is 4.29. The van der Waals surface area contributed by atoms with Crippen LogP contribution in [-0.2, 0) is 0 Å². The predicted octanol–water partition coefficient (Wildman–Crippen LogP) is 0.988. The van der Waals surface area contributed by atoms with Crippen molar-refractivity contribution in [2.75, 3.05) is 24.6 Å². The number of nitrogens with zero attached hydrogens (tertiary/aromatic N) is 2. The molecule has 0 unspecified atom stereocenters. The highest BCUT2D eigenvalue weighted by molar-refractivity contribution is 5.93. The number of hydrogen-bond donors (Lipinski definition) is 2. The monoisotopic (exact) mass is 236 g/mol. The Kier molecular flexibility index (Phi) is 3.58. The van der Waals surface area contributed by atoms with Gasteiger partial charge in [0.2, 0.25) is 0 Å². The number of pyridine rings is 1. The van der Waals surface area contributed by atoms with E-state index >= 15 is 0 Å². The van der Waals surface area contributed by atoms with Gasteiger partial charge in [-0.3, -0.25) is 0 Å². The Balaban J connectivity index is 2.15. The first kappa shape index (κ1) is 11.9. The fraction of sp³-hybridized carbons (Fsp3) is 0.500. The zero-order valence-corrected chi connectivity index (χ0v) is 9.54. The van der Waals surface area contributed by atoms with E-state index in [9.17, 15) is 4.79 Å². The number of rotatable bonds is 3. The van der Waals surface area contributed by atoms with E-state index in [4.69, 9.17) is 10.2 Å². The number of aliphatic hydroxyl groups excluding tert-OH is 1. The molecule has 0 aromatic carbocycles. The maximum absolute atomic E-state index is 11.1. The molecule has 92 valence electrons. The molecule has 1 aliphatic heterocycles. The molecule has 1 aromatic rings. The van der Waals surface area contributed by atoms with Crippen molar-refractivity contribution in [2.24, 2.45) is 5.92 Å². The molecule has 1 aromatic heterocycles. The summed E-state index contributed by atoms with van der Waals surface area (Å²) in [5, 5.41) is 18.2. The molecule has 2 rings (SSSR count). The van der Waals surface area contributed by atoms with Crippen LogP contribution in [0.2, 0.25) is 0 Å². The van der Waals surface area contributed by atoms with Gasteiger partial charge >= 0.3 is 5.97 Å². The number of hydrogen-bond acceptors (Lipinski definition) is 4. The van der Waals surface area contributed by atoms with Crippen LogP contribution in [0.5, 0.6) is 0 Å². The number of carboxylic acid groups (broad SMARTS) is 1. The summed E-state index contributed by atoms with van der Waals surface area (Å²) in [5.74, 6) is -0.0722. The number of aromatic nitrogens is 1. The maximum atomic E-state index is 11.1. The Hall–Kier alpha value is -1.62. The van der Waals surface area contributed by atoms with Crippen LogP contribution in [-0.4, -0.2) is 40.9 Å². The van der Waals surface area contributed by atoms with Crippen molar-refractivity contribution in [1.82, 2.24) is 4.98 Å². The first-order valence-corrected chi connectivity index (χ1v) is 5.76. The third-order valence-electron chi connectivity index (χ3n) is 3.19. The molecule has 0 amide bonds. The smallest absolute Gasteiger partial charge is 0.339 e. The number of aliphatic hydroxyl groups is 1. The molecule has 0 bridgehead atoms. The summed E-state index contributed by atoms with van der Waals surface area (Å²) >= 11 is 0. The van der Waals surface area contributed by atoms with E-state index in [1.54, 1.807) is 18.3 Å². The highest BCUT2D eigenvalue weighted by Crippen LogP contribution is 2.24. The molecule has 1 fully saturated rings. The van der Waals surface area contributed by atoms with Crippen molar-refractivity contribution < 1.29 is 15.0 Å². The summed E-state index contributed by atoms with van der Waals surface area (Å²) in [6.07, 6.45) is 3.37. The van der Waals surface area contributed by atoms with Gasteiger partial charge in [0.15, 0.2) is 0 Å². The van der Waals surface area contributed by atoms with Crippen molar-refractivity contribution >= 4 is 11.8 Å². The topological polar surface area (TPSA) is 73.7 Å². The fourth-order valence-electron chi connectivity index (χ4n) is 2.14. The van der Waals surface area contributed by atoms with E-state index in [-0.39, 0.29) is 12.2 Å². The second kappa shape index (κ2) is 5.14. The maximum Gasteiger partial charge on any atom is 0.339 e. The number of carboxylic acids is 1. The van der Waals surface area contributed by atoms with Gasteiger partial charge in [0.05, 0.1) is 0 Å². The minimum atomic E-state index is -0.947. The summed E-state index contributed by atoms with van der Waals surface area (Å²) in [6, 6.07) is 3.20. The third-order valence-corrected chi connectivity index (χ3v) is 3.19. The van der Waals surface area contributed by atoms with Crippen LogP contribution in [0.4, 0.5) is 5.82 Å². The number of carbonyl (C=O) groups is 1. The molecule has 2 heterocycles. The van der Waals surface area contributed by atoms with Crippen LogP contribution < -0.4 is 4.90 Å². The Morgan fingerprint density at radius 2 is 2.18 bits per heavy atom. The van der Waals surface area contributed by atoms with Gasteiger partial charge in [-0.1, -0.05) is 0 Å². The SMILES string of the molecule is O=C(O)c1cccnc1N1CCC(CO)CC1. The van der Waals surface area contributed by atoms with Crippen LogP contribution in [0.15, 0.2) is 18.3 Å². The molecular formula is C12H16N2O3. The summed E-state index contributed by atoms with van der Waals surface area (Å²) in [5.41, 5.74) is 0.245. The van der Waals surface area contributed by atoms with Gasteiger partial charge in [0, 0.05) is 25.9 Å². The molecule has 2 N–H and O–H groups in total. The molecule has 17 heavy (non-hydrogen) atoms. The molecule has 0 spiro atoms. The quantitative estimate of drug-likeness (QED) is 0.818. The van der Waals surface area contributed by atoms with Crippen LogP contribution in [0, 0.1) is 5.92 Å². The molecule has 5 nitrogen and oxygen atoms in total. The van der Waals surface area contributed by atoms with Gasteiger partial charge < -0.3 is 15.1 Å². The molecule has 0 radical (unpaired) electrons. The Bertz CT molecular complexity index is 400. The summed E-state index contributed by atoms with van der Waals surface area (Å²) in [4.78, 5) is 17.2. The third kappa shape index (κ3) is 2.55. The zero-order chi connectivity index (χ0) is 12.3. The van der Waals surface area contributed by atoms with E-state index in [0.717, 1.165) is 25.9 Å². The van der Waals surface area contributed by atoms with Crippen molar-refractivity contribution in [2.45, 2.75) is 12.8 Å².